The average Bonchev–Trinajstić information content (AvgIpc) is 2.14. The summed E-state index contributed by atoms with van der Waals surface area (Å²) in [5, 5.41) is 0. The quantitative estimate of drug-likeness (QED) is 0.781. The molecule has 0 spiro atoms. The topological polar surface area (TPSA) is 64.9 Å². The lowest BCUT2D eigenvalue weighted by Gasteiger charge is -2.08. The number of hydrogen-bond acceptors (Lipinski definition) is 3. The van der Waals surface area contributed by atoms with Crippen molar-refractivity contribution in [3.63, 3.8) is 0 Å². The highest BCUT2D eigenvalue weighted by Crippen LogP contribution is 2.20. The molecule has 0 aliphatic rings. The molecule has 0 aliphatic carbocycles. The van der Waals surface area contributed by atoms with Crippen molar-refractivity contribution >= 4 is 34.6 Å². The normalized spacial score (nSPS) is 10.4. The molecule has 0 aliphatic heterocycles. The van der Waals surface area contributed by atoms with E-state index in [1.165, 1.54) is 0 Å². The number of nitrogens with two attached hydrogens (primary N) is 2. The van der Waals surface area contributed by atoms with Crippen molar-refractivity contribution < 1.29 is 0 Å². The molecule has 78 valence electrons. The van der Waals surface area contributed by atoms with Gasteiger partial charge in [0, 0.05) is 30.3 Å². The summed E-state index contributed by atoms with van der Waals surface area (Å²) in [6, 6.07) is 1.76. The average molecular weight is 234 g/mol. The van der Waals surface area contributed by atoms with Gasteiger partial charge in [-0.25, -0.2) is 0 Å². The van der Waals surface area contributed by atoms with Crippen molar-refractivity contribution in [1.82, 2.24) is 4.98 Å². The monoisotopic (exact) mass is 233 g/mol. The lowest BCUT2D eigenvalue weighted by atomic mass is 10.2. The SMILES string of the molecule is Nc1cc(CCCl)nc(CCCl)c1N. The Labute approximate surface area is 93.4 Å². The third-order valence-electron chi connectivity index (χ3n) is 1.90. The van der Waals surface area contributed by atoms with E-state index in [0.717, 1.165) is 11.4 Å². The Morgan fingerprint density at radius 3 is 2.36 bits per heavy atom. The number of anilines is 2. The highest BCUT2D eigenvalue weighted by Gasteiger charge is 2.06. The molecule has 0 bridgehead atoms. The summed E-state index contributed by atoms with van der Waals surface area (Å²) < 4.78 is 0. The standard InChI is InChI=1S/C9H13Cl2N3/c10-3-1-6-5-7(12)9(13)8(14-6)2-4-11/h5H,1-4,13H2,(H2,12,14). The molecule has 5 heteroatoms. The van der Waals surface area contributed by atoms with Gasteiger partial charge in [-0.3, -0.25) is 4.98 Å². The zero-order valence-corrected chi connectivity index (χ0v) is 9.28. The second kappa shape index (κ2) is 5.27. The van der Waals surface area contributed by atoms with Gasteiger partial charge in [-0.05, 0) is 6.07 Å². The Kier molecular flexibility index (Phi) is 4.29. The zero-order valence-electron chi connectivity index (χ0n) is 7.76. The van der Waals surface area contributed by atoms with Gasteiger partial charge in [0.2, 0.25) is 0 Å². The molecule has 1 rings (SSSR count). The van der Waals surface area contributed by atoms with Gasteiger partial charge in [-0.1, -0.05) is 0 Å². The maximum Gasteiger partial charge on any atom is 0.0767 e. The number of aromatic nitrogens is 1. The van der Waals surface area contributed by atoms with Crippen molar-refractivity contribution in [2.75, 3.05) is 23.2 Å². The molecule has 0 unspecified atom stereocenters. The van der Waals surface area contributed by atoms with Crippen molar-refractivity contribution in [3.8, 4) is 0 Å². The van der Waals surface area contributed by atoms with Crippen LogP contribution in [0, 0.1) is 0 Å². The first-order chi connectivity index (χ1) is 6.69. The number of rotatable bonds is 4. The lowest BCUT2D eigenvalue weighted by Crippen LogP contribution is -2.06. The van der Waals surface area contributed by atoms with E-state index in [1.54, 1.807) is 6.07 Å². The van der Waals surface area contributed by atoms with Crippen LogP contribution in [0.2, 0.25) is 0 Å². The lowest BCUT2D eigenvalue weighted by molar-refractivity contribution is 0.967. The van der Waals surface area contributed by atoms with Crippen LogP contribution in [0.4, 0.5) is 11.4 Å². The fourth-order valence-corrected chi connectivity index (χ4v) is 1.57. The largest absolute Gasteiger partial charge is 0.397 e. The maximum atomic E-state index is 5.75. The molecule has 0 fully saturated rings. The van der Waals surface area contributed by atoms with Crippen LogP contribution in [0.5, 0.6) is 0 Å². The molecule has 4 N–H and O–H groups in total. The van der Waals surface area contributed by atoms with Gasteiger partial charge in [0.1, 0.15) is 0 Å². The number of aryl methyl sites for hydroxylation is 2. The molecule has 0 atom stereocenters. The van der Waals surface area contributed by atoms with Gasteiger partial charge in [0.25, 0.3) is 0 Å². The number of halogens is 2. The summed E-state index contributed by atoms with van der Waals surface area (Å²) in [5.74, 6) is 1.01. The maximum absolute atomic E-state index is 5.75. The Morgan fingerprint density at radius 1 is 1.14 bits per heavy atom. The van der Waals surface area contributed by atoms with Gasteiger partial charge in [-0.2, -0.15) is 0 Å². The molecule has 0 amide bonds. The fraction of sp³-hybridized carbons (Fsp3) is 0.444. The predicted octanol–water partition coefficient (Wildman–Crippen LogP) is 1.81. The third-order valence-corrected chi connectivity index (χ3v) is 2.28. The molecule has 0 saturated heterocycles. The van der Waals surface area contributed by atoms with Crippen LogP contribution in [-0.4, -0.2) is 16.7 Å². The predicted molar refractivity (Wildman–Crippen MR) is 61.9 cm³/mol. The number of pyridine rings is 1. The van der Waals surface area contributed by atoms with Crippen LogP contribution in [0.15, 0.2) is 6.07 Å². The molecular formula is C9H13Cl2N3. The van der Waals surface area contributed by atoms with Crippen LogP contribution in [0.1, 0.15) is 11.4 Å². The minimum Gasteiger partial charge on any atom is -0.397 e. The highest BCUT2D eigenvalue weighted by molar-refractivity contribution is 6.18. The summed E-state index contributed by atoms with van der Waals surface area (Å²) in [7, 11) is 0. The number of nitrogens with zero attached hydrogens (tertiary/aromatic N) is 1. The minimum atomic E-state index is 0.487. The van der Waals surface area contributed by atoms with E-state index in [1.807, 2.05) is 0 Å². The van der Waals surface area contributed by atoms with Crippen molar-refractivity contribution in [2.24, 2.45) is 0 Å². The summed E-state index contributed by atoms with van der Waals surface area (Å²) in [6.07, 6.45) is 1.33. The van der Waals surface area contributed by atoms with Crippen molar-refractivity contribution in [1.29, 1.82) is 0 Å². The molecule has 0 radical (unpaired) electrons. The minimum absolute atomic E-state index is 0.487. The molecular weight excluding hydrogens is 221 g/mol. The number of hydrogen-bond donors (Lipinski definition) is 2. The summed E-state index contributed by atoms with van der Waals surface area (Å²) in [6.45, 7) is 0. The van der Waals surface area contributed by atoms with Gasteiger partial charge >= 0.3 is 0 Å². The molecule has 14 heavy (non-hydrogen) atoms. The first kappa shape index (κ1) is 11.4. The Bertz CT molecular complexity index is 315. The van der Waals surface area contributed by atoms with E-state index in [2.05, 4.69) is 4.98 Å². The summed E-state index contributed by atoms with van der Waals surface area (Å²) in [4.78, 5) is 4.34. The summed E-state index contributed by atoms with van der Waals surface area (Å²) in [5.41, 5.74) is 14.2. The van der Waals surface area contributed by atoms with Crippen LogP contribution < -0.4 is 11.5 Å². The first-order valence-electron chi connectivity index (χ1n) is 4.34. The molecule has 1 aromatic rings. The molecule has 1 aromatic heterocycles. The van der Waals surface area contributed by atoms with Crippen LogP contribution >= 0.6 is 23.2 Å². The first-order valence-corrected chi connectivity index (χ1v) is 5.41. The van der Waals surface area contributed by atoms with E-state index >= 15 is 0 Å². The smallest absolute Gasteiger partial charge is 0.0767 e. The zero-order chi connectivity index (χ0) is 10.6. The van der Waals surface area contributed by atoms with Crippen LogP contribution in [0.25, 0.3) is 0 Å². The second-order valence-electron chi connectivity index (χ2n) is 2.94. The van der Waals surface area contributed by atoms with E-state index in [0.29, 0.717) is 36.0 Å². The van der Waals surface area contributed by atoms with Gasteiger partial charge in [0.15, 0.2) is 0 Å². The molecule has 0 aromatic carbocycles. The molecule has 0 saturated carbocycles. The second-order valence-corrected chi connectivity index (χ2v) is 3.70. The van der Waals surface area contributed by atoms with Gasteiger partial charge < -0.3 is 11.5 Å². The van der Waals surface area contributed by atoms with Crippen LogP contribution in [-0.2, 0) is 12.8 Å². The molecule has 3 nitrogen and oxygen atoms in total. The van der Waals surface area contributed by atoms with Crippen molar-refractivity contribution in [3.05, 3.63) is 17.5 Å². The van der Waals surface area contributed by atoms with Gasteiger partial charge in [0.05, 0.1) is 17.1 Å². The fourth-order valence-electron chi connectivity index (χ4n) is 1.19. The van der Waals surface area contributed by atoms with E-state index in [-0.39, 0.29) is 0 Å². The number of nitrogen functional groups attached to an aromatic ring is 2. The van der Waals surface area contributed by atoms with E-state index in [4.69, 9.17) is 34.7 Å². The van der Waals surface area contributed by atoms with E-state index < -0.39 is 0 Å². The van der Waals surface area contributed by atoms with E-state index in [9.17, 15) is 0 Å². The van der Waals surface area contributed by atoms with Gasteiger partial charge in [-0.15, -0.1) is 23.2 Å². The summed E-state index contributed by atoms with van der Waals surface area (Å²) >= 11 is 11.2. The Balaban J connectivity index is 3.01. The van der Waals surface area contributed by atoms with Crippen molar-refractivity contribution in [2.45, 2.75) is 12.8 Å². The molecule has 1 heterocycles. The Morgan fingerprint density at radius 2 is 1.79 bits per heavy atom. The third kappa shape index (κ3) is 2.66. The number of alkyl halides is 2. The highest BCUT2D eigenvalue weighted by atomic mass is 35.5. The van der Waals surface area contributed by atoms with Crippen LogP contribution in [0.3, 0.4) is 0 Å². The Hall–Kier alpha value is -0.670.